The molecule has 0 fully saturated rings. The van der Waals surface area contributed by atoms with Gasteiger partial charge in [0.2, 0.25) is 0 Å². The summed E-state index contributed by atoms with van der Waals surface area (Å²) in [5.74, 6) is -2.10. The molecular weight excluding hydrogens is 402 g/mol. The van der Waals surface area contributed by atoms with Crippen LogP contribution in [0.25, 0.3) is 0 Å². The van der Waals surface area contributed by atoms with Crippen molar-refractivity contribution in [2.24, 2.45) is 0 Å². The highest BCUT2D eigenvalue weighted by molar-refractivity contribution is 5.75. The molecule has 1 aromatic carbocycles. The molecule has 2 amide bonds. The SMILES string of the molecule is O=C(NCC(F)(F)F)N[C@@H](c1cc(F)cc(C(F)(F)F)c1)c1ccc(F)cn1. The van der Waals surface area contributed by atoms with E-state index in [4.69, 9.17) is 0 Å². The van der Waals surface area contributed by atoms with E-state index in [0.717, 1.165) is 12.1 Å². The minimum absolute atomic E-state index is 0.211. The maximum atomic E-state index is 13.7. The van der Waals surface area contributed by atoms with Crippen molar-refractivity contribution < 1.29 is 39.9 Å². The summed E-state index contributed by atoms with van der Waals surface area (Å²) >= 11 is 0. The molecule has 2 aromatic rings. The number of rotatable bonds is 4. The maximum Gasteiger partial charge on any atom is 0.416 e. The number of aromatic nitrogens is 1. The number of alkyl halides is 6. The van der Waals surface area contributed by atoms with Gasteiger partial charge in [-0.05, 0) is 35.9 Å². The number of benzene rings is 1. The number of carbonyl (C=O) groups excluding carboxylic acids is 1. The predicted molar refractivity (Wildman–Crippen MR) is 80.0 cm³/mol. The van der Waals surface area contributed by atoms with Crippen molar-refractivity contribution in [1.82, 2.24) is 15.6 Å². The van der Waals surface area contributed by atoms with Crippen LogP contribution in [-0.2, 0) is 6.18 Å². The zero-order valence-electron chi connectivity index (χ0n) is 13.6. The van der Waals surface area contributed by atoms with Crippen LogP contribution < -0.4 is 10.6 Å². The van der Waals surface area contributed by atoms with Crippen LogP contribution in [0.3, 0.4) is 0 Å². The number of carbonyl (C=O) groups is 1. The first-order valence-electron chi connectivity index (χ1n) is 7.45. The van der Waals surface area contributed by atoms with E-state index in [9.17, 15) is 39.9 Å². The molecule has 1 atom stereocenters. The molecule has 0 unspecified atom stereocenters. The van der Waals surface area contributed by atoms with E-state index in [1.807, 2.05) is 5.32 Å². The van der Waals surface area contributed by atoms with Gasteiger partial charge in [0.05, 0.1) is 23.5 Å². The Labute approximate surface area is 152 Å². The van der Waals surface area contributed by atoms with Gasteiger partial charge in [0, 0.05) is 0 Å². The Morgan fingerprint density at radius 2 is 1.68 bits per heavy atom. The van der Waals surface area contributed by atoms with Gasteiger partial charge in [-0.2, -0.15) is 26.3 Å². The first kappa shape index (κ1) is 21.4. The second kappa shape index (κ2) is 7.98. The van der Waals surface area contributed by atoms with Crippen molar-refractivity contribution in [1.29, 1.82) is 0 Å². The highest BCUT2D eigenvalue weighted by Crippen LogP contribution is 2.33. The van der Waals surface area contributed by atoms with Crippen LogP contribution >= 0.6 is 0 Å². The van der Waals surface area contributed by atoms with E-state index in [0.29, 0.717) is 18.3 Å². The van der Waals surface area contributed by atoms with Crippen molar-refractivity contribution in [3.63, 3.8) is 0 Å². The lowest BCUT2D eigenvalue weighted by molar-refractivity contribution is -0.137. The third kappa shape index (κ3) is 6.06. The quantitative estimate of drug-likeness (QED) is 0.734. The number of pyridine rings is 1. The average Bonchev–Trinajstić information content (AvgIpc) is 2.57. The number of hydrogen-bond acceptors (Lipinski definition) is 2. The molecule has 0 aliphatic rings. The van der Waals surface area contributed by atoms with Crippen LogP contribution in [0.5, 0.6) is 0 Å². The lowest BCUT2D eigenvalue weighted by Gasteiger charge is -2.21. The van der Waals surface area contributed by atoms with Crippen LogP contribution in [-0.4, -0.2) is 23.7 Å². The molecule has 12 heteroatoms. The Morgan fingerprint density at radius 3 is 2.21 bits per heavy atom. The Hall–Kier alpha value is -2.92. The van der Waals surface area contributed by atoms with Crippen molar-refractivity contribution in [3.8, 4) is 0 Å². The second-order valence-corrected chi connectivity index (χ2v) is 5.55. The fourth-order valence-corrected chi connectivity index (χ4v) is 2.19. The topological polar surface area (TPSA) is 54.0 Å². The highest BCUT2D eigenvalue weighted by Gasteiger charge is 2.33. The summed E-state index contributed by atoms with van der Waals surface area (Å²) in [4.78, 5) is 15.3. The number of urea groups is 1. The van der Waals surface area contributed by atoms with E-state index in [1.165, 1.54) is 5.32 Å². The van der Waals surface area contributed by atoms with Crippen molar-refractivity contribution in [2.45, 2.75) is 18.4 Å². The van der Waals surface area contributed by atoms with E-state index >= 15 is 0 Å². The van der Waals surface area contributed by atoms with E-state index in [1.54, 1.807) is 0 Å². The molecule has 0 aliphatic heterocycles. The number of halogens is 8. The predicted octanol–water partition coefficient (Wildman–Crippen LogP) is 4.33. The number of amides is 2. The van der Waals surface area contributed by atoms with Gasteiger partial charge in [0.1, 0.15) is 18.2 Å². The van der Waals surface area contributed by atoms with Gasteiger partial charge in [-0.3, -0.25) is 4.98 Å². The van der Waals surface area contributed by atoms with Gasteiger partial charge in [-0.1, -0.05) is 0 Å². The lowest BCUT2D eigenvalue weighted by Crippen LogP contribution is -2.42. The van der Waals surface area contributed by atoms with E-state index < -0.39 is 53.7 Å². The summed E-state index contributed by atoms with van der Waals surface area (Å²) < 4.78 is 102. The minimum atomic E-state index is -4.92. The van der Waals surface area contributed by atoms with Crippen LogP contribution in [0.1, 0.15) is 22.9 Å². The molecule has 4 nitrogen and oxygen atoms in total. The molecule has 1 heterocycles. The molecule has 2 rings (SSSR count). The molecule has 0 saturated carbocycles. The van der Waals surface area contributed by atoms with Gasteiger partial charge in [0.25, 0.3) is 0 Å². The summed E-state index contributed by atoms with van der Waals surface area (Å²) in [6.07, 6.45) is -8.97. The fraction of sp³-hybridized carbons (Fsp3) is 0.250. The second-order valence-electron chi connectivity index (χ2n) is 5.55. The molecule has 0 spiro atoms. The van der Waals surface area contributed by atoms with Crippen LogP contribution in [0.2, 0.25) is 0 Å². The molecule has 2 N–H and O–H groups in total. The normalized spacial score (nSPS) is 13.1. The van der Waals surface area contributed by atoms with Crippen LogP contribution in [0, 0.1) is 11.6 Å². The van der Waals surface area contributed by atoms with Crippen molar-refractivity contribution in [3.05, 3.63) is 65.0 Å². The summed E-state index contributed by atoms with van der Waals surface area (Å²) in [7, 11) is 0. The molecule has 28 heavy (non-hydrogen) atoms. The third-order valence-electron chi connectivity index (χ3n) is 3.35. The Balaban J connectivity index is 2.40. The van der Waals surface area contributed by atoms with Crippen molar-refractivity contribution >= 4 is 6.03 Å². The first-order valence-corrected chi connectivity index (χ1v) is 7.45. The van der Waals surface area contributed by atoms with Crippen LogP contribution in [0.15, 0.2) is 36.5 Å². The Bertz CT molecular complexity index is 833. The number of nitrogens with one attached hydrogen (secondary N) is 2. The van der Waals surface area contributed by atoms with Gasteiger partial charge in [-0.25, -0.2) is 13.6 Å². The van der Waals surface area contributed by atoms with Crippen molar-refractivity contribution in [2.75, 3.05) is 6.54 Å². The number of hydrogen-bond donors (Lipinski definition) is 2. The molecule has 0 aliphatic carbocycles. The van der Waals surface area contributed by atoms with Gasteiger partial charge < -0.3 is 10.6 Å². The summed E-state index contributed by atoms with van der Waals surface area (Å²) in [5.41, 5.74) is -2.05. The molecule has 152 valence electrons. The smallest absolute Gasteiger partial charge is 0.329 e. The third-order valence-corrected chi connectivity index (χ3v) is 3.35. The Morgan fingerprint density at radius 1 is 1.00 bits per heavy atom. The first-order chi connectivity index (χ1) is 12.8. The van der Waals surface area contributed by atoms with Gasteiger partial charge >= 0.3 is 18.4 Å². The molecule has 0 radical (unpaired) electrons. The molecular formula is C16H11F8N3O. The monoisotopic (exact) mass is 413 g/mol. The largest absolute Gasteiger partial charge is 0.416 e. The van der Waals surface area contributed by atoms with Gasteiger partial charge in [0.15, 0.2) is 0 Å². The highest BCUT2D eigenvalue weighted by atomic mass is 19.4. The summed E-state index contributed by atoms with van der Waals surface area (Å²) in [6, 6.07) is 0.244. The summed E-state index contributed by atoms with van der Waals surface area (Å²) in [6.45, 7) is -1.71. The zero-order chi connectivity index (χ0) is 21.1. The minimum Gasteiger partial charge on any atom is -0.329 e. The fourth-order valence-electron chi connectivity index (χ4n) is 2.19. The summed E-state index contributed by atoms with van der Waals surface area (Å²) in [5, 5.41) is 3.45. The molecule has 0 saturated heterocycles. The van der Waals surface area contributed by atoms with Gasteiger partial charge in [-0.15, -0.1) is 0 Å². The average molecular weight is 413 g/mol. The Kier molecular flexibility index (Phi) is 6.10. The number of nitrogens with zero attached hydrogens (tertiary/aromatic N) is 1. The van der Waals surface area contributed by atoms with E-state index in [2.05, 4.69) is 4.98 Å². The molecule has 0 bridgehead atoms. The van der Waals surface area contributed by atoms with E-state index in [-0.39, 0.29) is 11.8 Å². The lowest BCUT2D eigenvalue weighted by atomic mass is 10.00. The standard InChI is InChI=1S/C16H11F8N3O/c17-10-1-2-12(25-6-10)13(27-14(28)26-7-15(19,20)21)8-3-9(16(22,23)24)5-11(18)4-8/h1-6,13H,7H2,(H2,26,27,28)/t13-/m0/s1. The molecule has 1 aromatic heterocycles. The maximum absolute atomic E-state index is 13.7. The zero-order valence-corrected chi connectivity index (χ0v) is 13.6. The van der Waals surface area contributed by atoms with Crippen LogP contribution in [0.4, 0.5) is 39.9 Å².